The second kappa shape index (κ2) is 4.36. The first-order chi connectivity index (χ1) is 6.85. The van der Waals surface area contributed by atoms with Crippen molar-refractivity contribution >= 4 is 28.3 Å². The van der Waals surface area contributed by atoms with E-state index in [0.29, 0.717) is 0 Å². The number of hydrogen-bond donors (Lipinski definition) is 2. The number of anilines is 1. The van der Waals surface area contributed by atoms with Crippen LogP contribution >= 0.6 is 12.6 Å². The van der Waals surface area contributed by atoms with Crippen LogP contribution in [0.3, 0.4) is 0 Å². The largest absolute Gasteiger partial charge is 0.281 e. The van der Waals surface area contributed by atoms with Crippen molar-refractivity contribution in [2.45, 2.75) is 5.75 Å². The summed E-state index contributed by atoms with van der Waals surface area (Å²) in [7, 11) is -3.57. The minimum atomic E-state index is -3.57. The Morgan fingerprint density at radius 1 is 1.40 bits per heavy atom. The van der Waals surface area contributed by atoms with Crippen LogP contribution in [0.4, 0.5) is 14.5 Å². The van der Waals surface area contributed by atoms with Crippen LogP contribution in [0.2, 0.25) is 0 Å². The summed E-state index contributed by atoms with van der Waals surface area (Å²) < 4.78 is 50.1. The van der Waals surface area contributed by atoms with Crippen molar-refractivity contribution in [3.63, 3.8) is 0 Å². The Labute approximate surface area is 92.0 Å². The number of hydrogen-bond acceptors (Lipinski definition) is 3. The van der Waals surface area contributed by atoms with Crippen LogP contribution in [0, 0.1) is 11.6 Å². The molecule has 0 fully saturated rings. The lowest BCUT2D eigenvalue weighted by atomic mass is 10.2. The topological polar surface area (TPSA) is 46.2 Å². The number of benzene rings is 1. The molecule has 0 radical (unpaired) electrons. The van der Waals surface area contributed by atoms with E-state index in [0.717, 1.165) is 18.4 Å². The quantitative estimate of drug-likeness (QED) is 0.806. The predicted octanol–water partition coefficient (Wildman–Crippen LogP) is 1.77. The molecule has 1 aromatic rings. The molecule has 84 valence electrons. The number of halogens is 2. The summed E-state index contributed by atoms with van der Waals surface area (Å²) in [5, 5.41) is 0. The van der Waals surface area contributed by atoms with E-state index in [1.807, 2.05) is 4.72 Å². The second-order valence-corrected chi connectivity index (χ2v) is 4.98. The second-order valence-electron chi connectivity index (χ2n) is 2.92. The number of rotatable bonds is 3. The molecule has 1 N–H and O–H groups in total. The number of sulfonamides is 1. The van der Waals surface area contributed by atoms with Gasteiger partial charge in [0, 0.05) is 11.3 Å². The molecule has 0 amide bonds. The van der Waals surface area contributed by atoms with Crippen molar-refractivity contribution in [2.24, 2.45) is 0 Å². The van der Waals surface area contributed by atoms with Crippen molar-refractivity contribution in [1.29, 1.82) is 0 Å². The monoisotopic (exact) mass is 253 g/mol. The summed E-state index contributed by atoms with van der Waals surface area (Å²) in [5.41, 5.74) is -0.532. The molecule has 15 heavy (non-hydrogen) atoms. The Kier molecular flexibility index (Phi) is 3.56. The molecule has 0 aliphatic rings. The van der Waals surface area contributed by atoms with E-state index in [4.69, 9.17) is 0 Å². The fourth-order valence-corrected chi connectivity index (χ4v) is 1.87. The van der Waals surface area contributed by atoms with Gasteiger partial charge in [0.15, 0.2) is 5.82 Å². The molecule has 0 aliphatic carbocycles. The highest BCUT2D eigenvalue weighted by molar-refractivity contribution is 7.92. The maximum Gasteiger partial charge on any atom is 0.229 e. The van der Waals surface area contributed by atoms with E-state index in [1.165, 1.54) is 0 Å². The third kappa shape index (κ3) is 3.07. The normalized spacial score (nSPS) is 11.5. The molecule has 0 spiro atoms. The molecule has 1 aromatic carbocycles. The van der Waals surface area contributed by atoms with E-state index in [1.54, 1.807) is 0 Å². The SMILES string of the molecule is CS(=O)(=O)Nc1ccc(F)c(CS)c1F. The summed E-state index contributed by atoms with van der Waals surface area (Å²) in [4.78, 5) is 0. The first kappa shape index (κ1) is 12.3. The molecule has 0 saturated carbocycles. The number of nitrogens with one attached hydrogen (secondary N) is 1. The number of thiol groups is 1. The van der Waals surface area contributed by atoms with Crippen LogP contribution in [-0.2, 0) is 15.8 Å². The highest BCUT2D eigenvalue weighted by atomic mass is 32.2. The van der Waals surface area contributed by atoms with Gasteiger partial charge in [0.25, 0.3) is 0 Å². The maximum atomic E-state index is 13.4. The van der Waals surface area contributed by atoms with Crippen LogP contribution in [0.25, 0.3) is 0 Å². The minimum absolute atomic E-state index is 0.142. The first-order valence-corrected chi connectivity index (χ1v) is 6.43. The Bertz CT molecular complexity index is 474. The van der Waals surface area contributed by atoms with Crippen molar-refractivity contribution in [3.8, 4) is 0 Å². The summed E-state index contributed by atoms with van der Waals surface area (Å²) in [6.45, 7) is 0. The van der Waals surface area contributed by atoms with Crippen LogP contribution in [-0.4, -0.2) is 14.7 Å². The van der Waals surface area contributed by atoms with E-state index in [9.17, 15) is 17.2 Å². The van der Waals surface area contributed by atoms with Gasteiger partial charge in [0.05, 0.1) is 11.9 Å². The Morgan fingerprint density at radius 2 is 2.00 bits per heavy atom. The lowest BCUT2D eigenvalue weighted by molar-refractivity contribution is 0.568. The minimum Gasteiger partial charge on any atom is -0.281 e. The lowest BCUT2D eigenvalue weighted by Gasteiger charge is -2.08. The van der Waals surface area contributed by atoms with E-state index in [-0.39, 0.29) is 17.0 Å². The fraction of sp³-hybridized carbons (Fsp3) is 0.250. The van der Waals surface area contributed by atoms with E-state index >= 15 is 0 Å². The molecule has 3 nitrogen and oxygen atoms in total. The molecule has 0 bridgehead atoms. The Balaban J connectivity index is 3.22. The molecule has 0 saturated heterocycles. The van der Waals surface area contributed by atoms with Crippen molar-refractivity contribution in [2.75, 3.05) is 11.0 Å². The zero-order valence-corrected chi connectivity index (χ0v) is 9.50. The van der Waals surface area contributed by atoms with Gasteiger partial charge in [-0.2, -0.15) is 12.6 Å². The zero-order chi connectivity index (χ0) is 11.6. The van der Waals surface area contributed by atoms with E-state index < -0.39 is 21.7 Å². The van der Waals surface area contributed by atoms with Gasteiger partial charge in [-0.1, -0.05) is 0 Å². The van der Waals surface area contributed by atoms with Gasteiger partial charge < -0.3 is 0 Å². The third-order valence-electron chi connectivity index (χ3n) is 1.64. The van der Waals surface area contributed by atoms with Gasteiger partial charge in [-0.3, -0.25) is 4.72 Å². The Morgan fingerprint density at radius 3 is 2.47 bits per heavy atom. The lowest BCUT2D eigenvalue weighted by Crippen LogP contribution is -2.12. The standard InChI is InChI=1S/C8H9F2NO2S2/c1-15(12,13)11-7-3-2-6(9)5(4-14)8(7)10/h2-3,11,14H,4H2,1H3. The summed E-state index contributed by atoms with van der Waals surface area (Å²) in [6.07, 6.45) is 0.885. The van der Waals surface area contributed by atoms with Gasteiger partial charge >= 0.3 is 0 Å². The van der Waals surface area contributed by atoms with Crippen LogP contribution < -0.4 is 4.72 Å². The summed E-state index contributed by atoms with van der Waals surface area (Å²) in [5.74, 6) is -1.83. The summed E-state index contributed by atoms with van der Waals surface area (Å²) >= 11 is 3.75. The zero-order valence-electron chi connectivity index (χ0n) is 7.79. The molecule has 7 heteroatoms. The van der Waals surface area contributed by atoms with Crippen molar-refractivity contribution in [1.82, 2.24) is 0 Å². The molecule has 0 unspecified atom stereocenters. The average Bonchev–Trinajstić information content (AvgIpc) is 2.09. The van der Waals surface area contributed by atoms with Gasteiger partial charge in [-0.25, -0.2) is 17.2 Å². The third-order valence-corrected chi connectivity index (χ3v) is 2.55. The van der Waals surface area contributed by atoms with Crippen LogP contribution in [0.15, 0.2) is 12.1 Å². The molecule has 0 aromatic heterocycles. The van der Waals surface area contributed by atoms with Gasteiger partial charge in [0.2, 0.25) is 10.0 Å². The molecule has 0 aliphatic heterocycles. The highest BCUT2D eigenvalue weighted by Crippen LogP contribution is 2.23. The van der Waals surface area contributed by atoms with Crippen LogP contribution in [0.5, 0.6) is 0 Å². The maximum absolute atomic E-state index is 13.4. The van der Waals surface area contributed by atoms with Crippen molar-refractivity contribution < 1.29 is 17.2 Å². The van der Waals surface area contributed by atoms with Crippen molar-refractivity contribution in [3.05, 3.63) is 29.3 Å². The smallest absolute Gasteiger partial charge is 0.229 e. The Hall–Kier alpha value is -0.820. The van der Waals surface area contributed by atoms with E-state index in [2.05, 4.69) is 12.6 Å². The highest BCUT2D eigenvalue weighted by Gasteiger charge is 2.14. The molecular formula is C8H9F2NO2S2. The van der Waals surface area contributed by atoms with Gasteiger partial charge in [0.1, 0.15) is 5.82 Å². The fourth-order valence-electron chi connectivity index (χ4n) is 1.02. The average molecular weight is 253 g/mol. The molecule has 0 atom stereocenters. The molecular weight excluding hydrogens is 244 g/mol. The molecule has 0 heterocycles. The summed E-state index contributed by atoms with van der Waals surface area (Å²) in [6, 6.07) is 2.01. The molecule has 1 rings (SSSR count). The predicted molar refractivity (Wildman–Crippen MR) is 57.5 cm³/mol. The van der Waals surface area contributed by atoms with Gasteiger partial charge in [-0.15, -0.1) is 0 Å². The van der Waals surface area contributed by atoms with Gasteiger partial charge in [-0.05, 0) is 12.1 Å². The van der Waals surface area contributed by atoms with Crippen LogP contribution in [0.1, 0.15) is 5.56 Å². The first-order valence-electron chi connectivity index (χ1n) is 3.90.